The first-order chi connectivity index (χ1) is 12.1. The minimum absolute atomic E-state index is 0.166. The number of nitrogens with zero attached hydrogens (tertiary/aromatic N) is 1. The van der Waals surface area contributed by atoms with Gasteiger partial charge in [0.25, 0.3) is 5.91 Å². The van der Waals surface area contributed by atoms with Crippen molar-refractivity contribution in [3.8, 4) is 0 Å². The van der Waals surface area contributed by atoms with E-state index in [0.29, 0.717) is 24.2 Å². The lowest BCUT2D eigenvalue weighted by atomic mass is 10.1. The van der Waals surface area contributed by atoms with Crippen molar-refractivity contribution in [3.63, 3.8) is 0 Å². The second kappa shape index (κ2) is 9.80. The van der Waals surface area contributed by atoms with Crippen molar-refractivity contribution >= 4 is 29.3 Å². The average Bonchev–Trinajstić information content (AvgIpc) is 2.65. The molecule has 1 aromatic heterocycles. The number of benzene rings is 1. The molecule has 0 aliphatic heterocycles. The first-order valence-electron chi connectivity index (χ1n) is 7.92. The quantitative estimate of drug-likeness (QED) is 0.671. The van der Waals surface area contributed by atoms with Crippen molar-refractivity contribution in [3.05, 3.63) is 59.9 Å². The predicted octanol–water partition coefficient (Wildman–Crippen LogP) is 2.03. The van der Waals surface area contributed by atoms with Crippen molar-refractivity contribution in [2.24, 2.45) is 5.73 Å². The Hall–Kier alpha value is -2.38. The molecule has 2 rings (SSSR count). The lowest BCUT2D eigenvalue weighted by Crippen LogP contribution is -2.40. The number of carbonyl (C=O) groups excluding carboxylic acids is 2. The first kappa shape index (κ1) is 19.0. The highest BCUT2D eigenvalue weighted by molar-refractivity contribution is 7.98. The summed E-state index contributed by atoms with van der Waals surface area (Å²) in [7, 11) is 0. The van der Waals surface area contributed by atoms with Crippen LogP contribution in [0.4, 0.5) is 5.69 Å². The normalized spacial score (nSPS) is 11.6. The van der Waals surface area contributed by atoms with E-state index in [1.165, 1.54) is 0 Å². The second-order valence-corrected chi connectivity index (χ2v) is 6.48. The maximum Gasteiger partial charge on any atom is 0.255 e. The SMILES string of the molecule is CSCC[C@H](N)C(=O)NCc1cccc(NC(=O)c2ccncc2)c1. The molecule has 6 nitrogen and oxygen atoms in total. The Kier molecular flexibility index (Phi) is 7.43. The number of nitrogens with one attached hydrogen (secondary N) is 2. The molecule has 25 heavy (non-hydrogen) atoms. The number of nitrogens with two attached hydrogens (primary N) is 1. The molecule has 2 aromatic rings. The highest BCUT2D eigenvalue weighted by Crippen LogP contribution is 2.12. The van der Waals surface area contributed by atoms with Crippen LogP contribution >= 0.6 is 11.8 Å². The highest BCUT2D eigenvalue weighted by atomic mass is 32.2. The van der Waals surface area contributed by atoms with Crippen LogP contribution in [0.5, 0.6) is 0 Å². The van der Waals surface area contributed by atoms with Gasteiger partial charge >= 0.3 is 0 Å². The number of amides is 2. The van der Waals surface area contributed by atoms with Crippen LogP contribution in [0, 0.1) is 0 Å². The fraction of sp³-hybridized carbons (Fsp3) is 0.278. The van der Waals surface area contributed by atoms with Crippen molar-refractivity contribution in [1.82, 2.24) is 10.3 Å². The van der Waals surface area contributed by atoms with Gasteiger partial charge in [0.1, 0.15) is 0 Å². The van der Waals surface area contributed by atoms with Gasteiger partial charge in [0.05, 0.1) is 6.04 Å². The summed E-state index contributed by atoms with van der Waals surface area (Å²) in [4.78, 5) is 28.0. The number of carbonyl (C=O) groups is 2. The Bertz CT molecular complexity index is 709. The van der Waals surface area contributed by atoms with Crippen LogP contribution in [0.2, 0.25) is 0 Å². The minimum Gasteiger partial charge on any atom is -0.351 e. The van der Waals surface area contributed by atoms with Gasteiger partial charge in [-0.05, 0) is 48.3 Å². The third-order valence-corrected chi connectivity index (χ3v) is 4.21. The fourth-order valence-electron chi connectivity index (χ4n) is 2.16. The van der Waals surface area contributed by atoms with E-state index in [9.17, 15) is 9.59 Å². The fourth-order valence-corrected chi connectivity index (χ4v) is 2.65. The Balaban J connectivity index is 1.90. The van der Waals surface area contributed by atoms with Gasteiger partial charge in [-0.15, -0.1) is 0 Å². The standard InChI is InChI=1S/C18H22N4O2S/c1-25-10-7-16(19)18(24)21-12-13-3-2-4-15(11-13)22-17(23)14-5-8-20-9-6-14/h2-6,8-9,11,16H,7,10,12,19H2,1H3,(H,21,24)(H,22,23)/t16-/m0/s1. The Morgan fingerprint density at radius 1 is 1.24 bits per heavy atom. The molecule has 7 heteroatoms. The molecule has 0 saturated heterocycles. The molecule has 1 heterocycles. The Morgan fingerprint density at radius 3 is 2.72 bits per heavy atom. The van der Waals surface area contributed by atoms with E-state index in [1.54, 1.807) is 42.4 Å². The highest BCUT2D eigenvalue weighted by Gasteiger charge is 2.12. The molecule has 0 aliphatic rings. The Morgan fingerprint density at radius 2 is 2.00 bits per heavy atom. The summed E-state index contributed by atoms with van der Waals surface area (Å²) >= 11 is 1.66. The average molecular weight is 358 g/mol. The molecule has 1 atom stereocenters. The largest absolute Gasteiger partial charge is 0.351 e. The molecule has 1 aromatic carbocycles. The van der Waals surface area contributed by atoms with E-state index in [1.807, 2.05) is 24.5 Å². The zero-order chi connectivity index (χ0) is 18.1. The third kappa shape index (κ3) is 6.21. The van der Waals surface area contributed by atoms with Gasteiger partial charge in [0.2, 0.25) is 5.91 Å². The van der Waals surface area contributed by atoms with Crippen LogP contribution in [0.25, 0.3) is 0 Å². The molecular weight excluding hydrogens is 336 g/mol. The number of pyridine rings is 1. The van der Waals surface area contributed by atoms with Crippen molar-refractivity contribution in [2.75, 3.05) is 17.3 Å². The minimum atomic E-state index is -0.498. The molecule has 0 fully saturated rings. The lowest BCUT2D eigenvalue weighted by molar-refractivity contribution is -0.122. The molecule has 0 spiro atoms. The molecule has 4 N–H and O–H groups in total. The van der Waals surface area contributed by atoms with Gasteiger partial charge in [-0.2, -0.15) is 11.8 Å². The third-order valence-electron chi connectivity index (χ3n) is 3.56. The molecule has 0 aliphatic carbocycles. The zero-order valence-corrected chi connectivity index (χ0v) is 14.9. The maximum atomic E-state index is 12.2. The Labute approximate surface area is 151 Å². The van der Waals surface area contributed by atoms with Crippen molar-refractivity contribution in [1.29, 1.82) is 0 Å². The van der Waals surface area contributed by atoms with Gasteiger partial charge in [0, 0.05) is 30.2 Å². The number of rotatable bonds is 8. The van der Waals surface area contributed by atoms with Gasteiger partial charge in [-0.3, -0.25) is 14.6 Å². The van der Waals surface area contributed by atoms with Crippen LogP contribution in [0.3, 0.4) is 0 Å². The lowest BCUT2D eigenvalue weighted by Gasteiger charge is -2.12. The molecule has 2 amide bonds. The summed E-state index contributed by atoms with van der Waals surface area (Å²) in [6.45, 7) is 0.366. The van der Waals surface area contributed by atoms with E-state index in [0.717, 1.165) is 11.3 Å². The van der Waals surface area contributed by atoms with Crippen molar-refractivity contribution in [2.45, 2.75) is 19.0 Å². The topological polar surface area (TPSA) is 97.1 Å². The molecule has 132 valence electrons. The van der Waals surface area contributed by atoms with Gasteiger partial charge in [-0.1, -0.05) is 12.1 Å². The van der Waals surface area contributed by atoms with E-state index in [4.69, 9.17) is 5.73 Å². The summed E-state index contributed by atoms with van der Waals surface area (Å²) in [6, 6.07) is 10.1. The number of aromatic nitrogens is 1. The summed E-state index contributed by atoms with van der Waals surface area (Å²) in [6.07, 6.45) is 5.77. The zero-order valence-electron chi connectivity index (χ0n) is 14.1. The number of thioether (sulfide) groups is 1. The van der Waals surface area contributed by atoms with Crippen LogP contribution in [-0.2, 0) is 11.3 Å². The smallest absolute Gasteiger partial charge is 0.255 e. The van der Waals surface area contributed by atoms with Crippen LogP contribution in [-0.4, -0.2) is 34.8 Å². The van der Waals surface area contributed by atoms with E-state index < -0.39 is 6.04 Å². The second-order valence-electron chi connectivity index (χ2n) is 5.50. The monoisotopic (exact) mass is 358 g/mol. The van der Waals surface area contributed by atoms with E-state index in [-0.39, 0.29) is 11.8 Å². The predicted molar refractivity (Wildman–Crippen MR) is 101 cm³/mol. The van der Waals surface area contributed by atoms with Crippen LogP contribution in [0.15, 0.2) is 48.8 Å². The van der Waals surface area contributed by atoms with Crippen molar-refractivity contribution < 1.29 is 9.59 Å². The van der Waals surface area contributed by atoms with Gasteiger partial charge < -0.3 is 16.4 Å². The maximum absolute atomic E-state index is 12.2. The summed E-state index contributed by atoms with van der Waals surface area (Å²) in [5, 5.41) is 5.66. The molecule has 0 saturated carbocycles. The summed E-state index contributed by atoms with van der Waals surface area (Å²) < 4.78 is 0. The van der Waals surface area contributed by atoms with Gasteiger partial charge in [0.15, 0.2) is 0 Å². The first-order valence-corrected chi connectivity index (χ1v) is 9.32. The summed E-state index contributed by atoms with van der Waals surface area (Å²) in [5.41, 5.74) is 7.93. The van der Waals surface area contributed by atoms with Gasteiger partial charge in [-0.25, -0.2) is 0 Å². The molecule has 0 radical (unpaired) electrons. The number of hydrogen-bond acceptors (Lipinski definition) is 5. The molecule has 0 bridgehead atoms. The summed E-state index contributed by atoms with van der Waals surface area (Å²) in [5.74, 6) is 0.480. The number of hydrogen-bond donors (Lipinski definition) is 3. The van der Waals surface area contributed by atoms with Crippen LogP contribution < -0.4 is 16.4 Å². The molecule has 0 unspecified atom stereocenters. The van der Waals surface area contributed by atoms with E-state index in [2.05, 4.69) is 15.6 Å². The van der Waals surface area contributed by atoms with E-state index >= 15 is 0 Å². The molecular formula is C18H22N4O2S. The van der Waals surface area contributed by atoms with Crippen LogP contribution in [0.1, 0.15) is 22.3 Å². The number of anilines is 1.